The number of anilines is 1. The van der Waals surface area contributed by atoms with Gasteiger partial charge in [0, 0.05) is 22.8 Å². The number of nitrogens with zero attached hydrogens (tertiary/aromatic N) is 1. The number of aromatic amines is 1. The molecule has 0 aliphatic carbocycles. The predicted molar refractivity (Wildman–Crippen MR) is 97.7 cm³/mol. The van der Waals surface area contributed by atoms with Crippen molar-refractivity contribution in [3.63, 3.8) is 0 Å². The number of fused-ring (bicyclic) bond motifs is 1. The summed E-state index contributed by atoms with van der Waals surface area (Å²) in [6.45, 7) is 3.75. The number of amides is 1. The number of hydrogen-bond acceptors (Lipinski definition) is 3. The van der Waals surface area contributed by atoms with Gasteiger partial charge in [0.2, 0.25) is 5.91 Å². The number of H-pyrrole nitrogens is 1. The van der Waals surface area contributed by atoms with Crippen LogP contribution in [0, 0.1) is 11.3 Å². The van der Waals surface area contributed by atoms with E-state index < -0.39 is 5.41 Å². The smallest absolute Gasteiger partial charge is 0.234 e. The van der Waals surface area contributed by atoms with E-state index in [1.54, 1.807) is 31.4 Å². The van der Waals surface area contributed by atoms with E-state index in [4.69, 9.17) is 10.00 Å². The number of nitriles is 1. The van der Waals surface area contributed by atoms with Gasteiger partial charge in [-0.3, -0.25) is 4.79 Å². The fourth-order valence-electron chi connectivity index (χ4n) is 2.82. The molecule has 2 aromatic carbocycles. The molecule has 1 aromatic heterocycles. The standard InChI is InChI=1S/C20H19N3O2/c1-20(2,19(24)23-14-6-4-5-13(9-14)11-21)17-12-22-18-8-7-15(25-3)10-16(17)18/h4-10,12,22H,1-3H3,(H,23,24). The quantitative estimate of drug-likeness (QED) is 0.758. The second kappa shape index (κ2) is 6.33. The Morgan fingerprint density at radius 3 is 2.76 bits per heavy atom. The summed E-state index contributed by atoms with van der Waals surface area (Å²) in [6.07, 6.45) is 1.86. The van der Waals surface area contributed by atoms with Crippen molar-refractivity contribution in [2.45, 2.75) is 19.3 Å². The summed E-state index contributed by atoms with van der Waals surface area (Å²) in [7, 11) is 1.62. The summed E-state index contributed by atoms with van der Waals surface area (Å²) < 4.78 is 5.30. The van der Waals surface area contributed by atoms with Gasteiger partial charge in [0.05, 0.1) is 24.2 Å². The molecule has 0 aliphatic heterocycles. The molecule has 0 fully saturated rings. The van der Waals surface area contributed by atoms with Crippen molar-refractivity contribution in [2.24, 2.45) is 0 Å². The van der Waals surface area contributed by atoms with E-state index in [0.717, 1.165) is 22.2 Å². The van der Waals surface area contributed by atoms with Crippen LogP contribution in [-0.4, -0.2) is 18.0 Å². The lowest BCUT2D eigenvalue weighted by molar-refractivity contribution is -0.120. The van der Waals surface area contributed by atoms with Gasteiger partial charge in [-0.15, -0.1) is 0 Å². The Balaban J connectivity index is 1.95. The lowest BCUT2D eigenvalue weighted by atomic mass is 9.83. The van der Waals surface area contributed by atoms with Gasteiger partial charge in [-0.05, 0) is 55.8 Å². The van der Waals surface area contributed by atoms with E-state index in [0.29, 0.717) is 11.3 Å². The van der Waals surface area contributed by atoms with Crippen LogP contribution >= 0.6 is 0 Å². The van der Waals surface area contributed by atoms with Crippen molar-refractivity contribution < 1.29 is 9.53 Å². The maximum Gasteiger partial charge on any atom is 0.234 e. The van der Waals surface area contributed by atoms with Crippen LogP contribution in [0.3, 0.4) is 0 Å². The summed E-state index contributed by atoms with van der Waals surface area (Å²) >= 11 is 0. The van der Waals surface area contributed by atoms with E-state index in [2.05, 4.69) is 16.4 Å². The fourth-order valence-corrected chi connectivity index (χ4v) is 2.82. The van der Waals surface area contributed by atoms with Crippen LogP contribution in [-0.2, 0) is 10.2 Å². The van der Waals surface area contributed by atoms with Gasteiger partial charge >= 0.3 is 0 Å². The molecule has 5 nitrogen and oxygen atoms in total. The molecule has 3 rings (SSSR count). The van der Waals surface area contributed by atoms with E-state index >= 15 is 0 Å². The van der Waals surface area contributed by atoms with Crippen LogP contribution in [0.2, 0.25) is 0 Å². The normalized spacial score (nSPS) is 11.1. The molecule has 0 radical (unpaired) electrons. The number of methoxy groups -OCH3 is 1. The van der Waals surface area contributed by atoms with Crippen LogP contribution in [0.4, 0.5) is 5.69 Å². The maximum absolute atomic E-state index is 12.9. The number of nitrogens with one attached hydrogen (secondary N) is 2. The van der Waals surface area contributed by atoms with Gasteiger partial charge in [-0.2, -0.15) is 5.26 Å². The minimum atomic E-state index is -0.771. The minimum absolute atomic E-state index is 0.147. The highest BCUT2D eigenvalue weighted by Crippen LogP contribution is 2.33. The molecule has 0 unspecified atom stereocenters. The van der Waals surface area contributed by atoms with Crippen molar-refractivity contribution in [1.82, 2.24) is 4.98 Å². The van der Waals surface area contributed by atoms with Crippen LogP contribution in [0.5, 0.6) is 5.75 Å². The van der Waals surface area contributed by atoms with E-state index in [1.165, 1.54) is 0 Å². The monoisotopic (exact) mass is 333 g/mol. The molecule has 2 N–H and O–H groups in total. The van der Waals surface area contributed by atoms with Gasteiger partial charge in [0.15, 0.2) is 0 Å². The molecule has 3 aromatic rings. The van der Waals surface area contributed by atoms with E-state index in [-0.39, 0.29) is 5.91 Å². The Labute approximate surface area is 146 Å². The lowest BCUT2D eigenvalue weighted by Gasteiger charge is -2.23. The third-order valence-corrected chi connectivity index (χ3v) is 4.38. The van der Waals surface area contributed by atoms with Crippen molar-refractivity contribution in [2.75, 3.05) is 12.4 Å². The summed E-state index contributed by atoms with van der Waals surface area (Å²) in [6, 6.07) is 14.7. The molecule has 25 heavy (non-hydrogen) atoms. The first-order valence-corrected chi connectivity index (χ1v) is 7.93. The zero-order valence-corrected chi connectivity index (χ0v) is 14.4. The van der Waals surface area contributed by atoms with Gasteiger partial charge in [0.25, 0.3) is 0 Å². The number of carbonyl (C=O) groups excluding carboxylic acids is 1. The number of benzene rings is 2. The average molecular weight is 333 g/mol. The highest BCUT2D eigenvalue weighted by Gasteiger charge is 2.32. The predicted octanol–water partition coefficient (Wildman–Crippen LogP) is 3.96. The number of hydrogen-bond donors (Lipinski definition) is 2. The Bertz CT molecular complexity index is 980. The molecule has 0 atom stereocenters. The van der Waals surface area contributed by atoms with Crippen molar-refractivity contribution in [3.8, 4) is 11.8 Å². The molecule has 0 spiro atoms. The Hall–Kier alpha value is -3.26. The Kier molecular flexibility index (Phi) is 4.20. The Morgan fingerprint density at radius 1 is 1.24 bits per heavy atom. The van der Waals surface area contributed by atoms with Crippen LogP contribution in [0.1, 0.15) is 25.0 Å². The zero-order chi connectivity index (χ0) is 18.0. The topological polar surface area (TPSA) is 77.9 Å². The molecular formula is C20H19N3O2. The molecule has 126 valence electrons. The highest BCUT2D eigenvalue weighted by atomic mass is 16.5. The molecule has 0 aliphatic rings. The zero-order valence-electron chi connectivity index (χ0n) is 14.4. The third-order valence-electron chi connectivity index (χ3n) is 4.38. The summed E-state index contributed by atoms with van der Waals surface area (Å²) in [4.78, 5) is 16.1. The highest BCUT2D eigenvalue weighted by molar-refractivity contribution is 6.02. The fraction of sp³-hybridized carbons (Fsp3) is 0.200. The molecule has 1 heterocycles. The van der Waals surface area contributed by atoms with Gasteiger partial charge in [0.1, 0.15) is 5.75 Å². The maximum atomic E-state index is 12.9. The first-order chi connectivity index (χ1) is 12.0. The lowest BCUT2D eigenvalue weighted by Crippen LogP contribution is -2.34. The largest absolute Gasteiger partial charge is 0.497 e. The van der Waals surface area contributed by atoms with Crippen molar-refractivity contribution >= 4 is 22.5 Å². The first-order valence-electron chi connectivity index (χ1n) is 7.93. The molecule has 0 saturated carbocycles. The number of rotatable bonds is 4. The molecule has 1 amide bonds. The Morgan fingerprint density at radius 2 is 2.04 bits per heavy atom. The van der Waals surface area contributed by atoms with Crippen LogP contribution < -0.4 is 10.1 Å². The van der Waals surface area contributed by atoms with E-state index in [1.807, 2.05) is 38.2 Å². The number of ether oxygens (including phenoxy) is 1. The SMILES string of the molecule is COc1ccc2[nH]cc(C(C)(C)C(=O)Nc3cccc(C#N)c3)c2c1. The second-order valence-electron chi connectivity index (χ2n) is 6.39. The van der Waals surface area contributed by atoms with Crippen molar-refractivity contribution in [1.29, 1.82) is 5.26 Å². The molecule has 0 bridgehead atoms. The number of aromatic nitrogens is 1. The summed E-state index contributed by atoms with van der Waals surface area (Å²) in [5, 5.41) is 12.8. The third kappa shape index (κ3) is 3.07. The van der Waals surface area contributed by atoms with E-state index in [9.17, 15) is 4.79 Å². The minimum Gasteiger partial charge on any atom is -0.497 e. The second-order valence-corrected chi connectivity index (χ2v) is 6.39. The summed E-state index contributed by atoms with van der Waals surface area (Å²) in [5.74, 6) is 0.595. The van der Waals surface area contributed by atoms with Gasteiger partial charge < -0.3 is 15.0 Å². The number of carbonyl (C=O) groups is 1. The molecule has 0 saturated heterocycles. The average Bonchev–Trinajstić information content (AvgIpc) is 3.05. The molecule has 5 heteroatoms. The summed E-state index contributed by atoms with van der Waals surface area (Å²) in [5.41, 5.74) is 2.17. The van der Waals surface area contributed by atoms with Crippen LogP contribution in [0.15, 0.2) is 48.7 Å². The first kappa shape index (κ1) is 16.6. The van der Waals surface area contributed by atoms with Gasteiger partial charge in [-0.25, -0.2) is 0 Å². The van der Waals surface area contributed by atoms with Crippen molar-refractivity contribution in [3.05, 3.63) is 59.8 Å². The van der Waals surface area contributed by atoms with Crippen LogP contribution in [0.25, 0.3) is 10.9 Å². The molecular weight excluding hydrogens is 314 g/mol. The van der Waals surface area contributed by atoms with Gasteiger partial charge in [-0.1, -0.05) is 6.07 Å².